The summed E-state index contributed by atoms with van der Waals surface area (Å²) in [6, 6.07) is -0.211. The minimum absolute atomic E-state index is 0.0569. The number of alkyl halides is 3. The maximum absolute atomic E-state index is 12.8. The van der Waals surface area contributed by atoms with E-state index in [1.54, 1.807) is 6.07 Å². The molecule has 1 saturated carbocycles. The van der Waals surface area contributed by atoms with Crippen LogP contribution in [0.5, 0.6) is 0 Å². The molecule has 1 aliphatic carbocycles. The Bertz CT molecular complexity index is 583. The van der Waals surface area contributed by atoms with Crippen LogP contribution in [-0.4, -0.2) is 47.3 Å². The summed E-state index contributed by atoms with van der Waals surface area (Å²) < 4.78 is 43.6. The molecular formula is C15H20F3N3O2. The van der Waals surface area contributed by atoms with Gasteiger partial charge in [-0.3, -0.25) is 9.69 Å². The second kappa shape index (κ2) is 5.81. The normalized spacial score (nSPS) is 27.2. The van der Waals surface area contributed by atoms with E-state index in [0.29, 0.717) is 18.2 Å². The first-order valence-electron chi connectivity index (χ1n) is 7.84. The molecular weight excluding hydrogens is 311 g/mol. The van der Waals surface area contributed by atoms with Crippen LogP contribution >= 0.6 is 0 Å². The zero-order valence-electron chi connectivity index (χ0n) is 13.1. The van der Waals surface area contributed by atoms with E-state index in [0.717, 1.165) is 19.8 Å². The fourth-order valence-electron chi connectivity index (χ4n) is 2.91. The van der Waals surface area contributed by atoms with Crippen molar-refractivity contribution in [1.29, 1.82) is 0 Å². The Hall–Kier alpha value is -1.57. The molecule has 0 radical (unpaired) electrons. The van der Waals surface area contributed by atoms with Gasteiger partial charge in [0.2, 0.25) is 0 Å². The third-order valence-electron chi connectivity index (χ3n) is 4.72. The average molecular weight is 331 g/mol. The van der Waals surface area contributed by atoms with Crippen LogP contribution in [0, 0.1) is 5.92 Å². The first-order valence-corrected chi connectivity index (χ1v) is 7.84. The van der Waals surface area contributed by atoms with E-state index in [9.17, 15) is 18.0 Å². The van der Waals surface area contributed by atoms with Crippen LogP contribution in [-0.2, 0) is 0 Å². The summed E-state index contributed by atoms with van der Waals surface area (Å²) in [6.45, 7) is 3.47. The predicted octanol–water partition coefficient (Wildman–Crippen LogP) is 2.55. The van der Waals surface area contributed by atoms with Crippen molar-refractivity contribution < 1.29 is 22.5 Å². The van der Waals surface area contributed by atoms with Crippen molar-refractivity contribution in [3.8, 4) is 0 Å². The zero-order valence-corrected chi connectivity index (χ0v) is 13.1. The Morgan fingerprint density at radius 2 is 2.13 bits per heavy atom. The molecule has 0 aromatic carbocycles. The Labute approximate surface area is 132 Å². The summed E-state index contributed by atoms with van der Waals surface area (Å²) in [5.74, 6) is 0.622. The smallest absolute Gasteiger partial charge is 0.360 e. The fraction of sp³-hybridized carbons (Fsp3) is 0.733. The molecule has 5 nitrogen and oxygen atoms in total. The lowest BCUT2D eigenvalue weighted by Gasteiger charge is -2.26. The lowest BCUT2D eigenvalue weighted by molar-refractivity contribution is -0.176. The number of nitrogens with one attached hydrogen (secondary N) is 1. The summed E-state index contributed by atoms with van der Waals surface area (Å²) in [6.07, 6.45) is -2.18. The standard InChI is InChI=1S/C15H20F3N3O2/c1-8-6-21(9(2)15(16,17)18)7-12(8)19-14(22)11-5-13(23-20-11)10-3-4-10/h5,8-10,12H,3-4,6-7H2,1-2H3,(H,19,22)/t8-,9?,12-/m1/s1. The highest BCUT2D eigenvalue weighted by molar-refractivity contribution is 5.92. The van der Waals surface area contributed by atoms with Gasteiger partial charge in [0.1, 0.15) is 11.8 Å². The number of hydrogen-bond donors (Lipinski definition) is 1. The Balaban J connectivity index is 1.59. The van der Waals surface area contributed by atoms with E-state index in [-0.39, 0.29) is 30.1 Å². The van der Waals surface area contributed by atoms with Gasteiger partial charge in [0.05, 0.1) is 0 Å². The van der Waals surface area contributed by atoms with Gasteiger partial charge in [-0.25, -0.2) is 0 Å². The van der Waals surface area contributed by atoms with E-state index in [4.69, 9.17) is 4.52 Å². The lowest BCUT2D eigenvalue weighted by Crippen LogP contribution is -2.44. The SMILES string of the molecule is CC(N1C[C@@H](C)[C@H](NC(=O)c2cc(C3CC3)on2)C1)C(F)(F)F. The largest absolute Gasteiger partial charge is 0.403 e. The Morgan fingerprint density at radius 1 is 1.43 bits per heavy atom. The Morgan fingerprint density at radius 3 is 2.74 bits per heavy atom. The van der Waals surface area contributed by atoms with Crippen LogP contribution in [0.1, 0.15) is 48.9 Å². The summed E-state index contributed by atoms with van der Waals surface area (Å²) in [5, 5.41) is 6.54. The molecule has 2 aliphatic rings. The molecule has 0 bridgehead atoms. The summed E-state index contributed by atoms with van der Waals surface area (Å²) in [7, 11) is 0. The number of rotatable bonds is 4. The number of halogens is 3. The molecule has 23 heavy (non-hydrogen) atoms. The number of hydrogen-bond acceptors (Lipinski definition) is 4. The van der Waals surface area contributed by atoms with Crippen LogP contribution in [0.4, 0.5) is 13.2 Å². The van der Waals surface area contributed by atoms with Gasteiger partial charge >= 0.3 is 6.18 Å². The summed E-state index contributed by atoms with van der Waals surface area (Å²) in [5.41, 5.74) is 0.196. The molecule has 0 spiro atoms. The second-order valence-corrected chi connectivity index (χ2v) is 6.62. The van der Waals surface area contributed by atoms with Crippen molar-refractivity contribution in [3.63, 3.8) is 0 Å². The molecule has 1 aliphatic heterocycles. The van der Waals surface area contributed by atoms with Crippen LogP contribution in [0.3, 0.4) is 0 Å². The van der Waals surface area contributed by atoms with E-state index in [1.165, 1.54) is 4.90 Å². The quantitative estimate of drug-likeness (QED) is 0.921. The van der Waals surface area contributed by atoms with Crippen molar-refractivity contribution in [2.75, 3.05) is 13.1 Å². The van der Waals surface area contributed by atoms with Gasteiger partial charge in [-0.2, -0.15) is 13.2 Å². The zero-order chi connectivity index (χ0) is 16.8. The predicted molar refractivity (Wildman–Crippen MR) is 76.0 cm³/mol. The number of nitrogens with zero attached hydrogens (tertiary/aromatic N) is 2. The molecule has 2 fully saturated rings. The highest BCUT2D eigenvalue weighted by Crippen LogP contribution is 2.40. The minimum Gasteiger partial charge on any atom is -0.360 e. The Kier molecular flexibility index (Phi) is 4.12. The molecule has 2 heterocycles. The first kappa shape index (κ1) is 16.3. The van der Waals surface area contributed by atoms with Gasteiger partial charge in [0.15, 0.2) is 5.69 Å². The van der Waals surface area contributed by atoms with Gasteiger partial charge < -0.3 is 9.84 Å². The third kappa shape index (κ3) is 3.52. The number of likely N-dealkylation sites (tertiary alicyclic amines) is 1. The van der Waals surface area contributed by atoms with E-state index >= 15 is 0 Å². The van der Waals surface area contributed by atoms with Crippen molar-refractivity contribution in [2.45, 2.75) is 50.9 Å². The maximum Gasteiger partial charge on any atom is 0.403 e. The first-order chi connectivity index (χ1) is 10.8. The van der Waals surface area contributed by atoms with Gasteiger partial charge in [-0.05, 0) is 25.7 Å². The minimum atomic E-state index is -4.26. The molecule has 1 saturated heterocycles. The molecule has 128 valence electrons. The van der Waals surface area contributed by atoms with Crippen LogP contribution < -0.4 is 5.32 Å². The van der Waals surface area contributed by atoms with E-state index < -0.39 is 12.2 Å². The van der Waals surface area contributed by atoms with Gasteiger partial charge in [0, 0.05) is 31.1 Å². The van der Waals surface area contributed by atoms with Crippen LogP contribution in [0.15, 0.2) is 10.6 Å². The molecule has 8 heteroatoms. The number of aromatic nitrogens is 1. The summed E-state index contributed by atoms with van der Waals surface area (Å²) in [4.78, 5) is 13.6. The van der Waals surface area contributed by atoms with Gasteiger partial charge in [-0.1, -0.05) is 12.1 Å². The van der Waals surface area contributed by atoms with Gasteiger partial charge in [0.25, 0.3) is 5.91 Å². The average Bonchev–Trinajstić information content (AvgIpc) is 3.09. The number of carbonyl (C=O) groups is 1. The summed E-state index contributed by atoms with van der Waals surface area (Å²) >= 11 is 0. The molecule has 3 rings (SSSR count). The van der Waals surface area contributed by atoms with E-state index in [2.05, 4.69) is 10.5 Å². The molecule has 1 aromatic rings. The van der Waals surface area contributed by atoms with Crippen molar-refractivity contribution in [1.82, 2.24) is 15.4 Å². The fourth-order valence-corrected chi connectivity index (χ4v) is 2.91. The topological polar surface area (TPSA) is 58.4 Å². The maximum atomic E-state index is 12.8. The van der Waals surface area contributed by atoms with Crippen molar-refractivity contribution in [3.05, 3.63) is 17.5 Å². The third-order valence-corrected chi connectivity index (χ3v) is 4.72. The number of amides is 1. The van der Waals surface area contributed by atoms with Crippen molar-refractivity contribution in [2.24, 2.45) is 5.92 Å². The second-order valence-electron chi connectivity index (χ2n) is 6.62. The van der Waals surface area contributed by atoms with Gasteiger partial charge in [-0.15, -0.1) is 0 Å². The lowest BCUT2D eigenvalue weighted by atomic mass is 10.1. The molecule has 3 atom stereocenters. The monoisotopic (exact) mass is 331 g/mol. The number of carbonyl (C=O) groups excluding carboxylic acids is 1. The van der Waals surface area contributed by atoms with Crippen LogP contribution in [0.2, 0.25) is 0 Å². The highest BCUT2D eigenvalue weighted by atomic mass is 19.4. The van der Waals surface area contributed by atoms with Crippen LogP contribution in [0.25, 0.3) is 0 Å². The van der Waals surface area contributed by atoms with E-state index in [1.807, 2.05) is 6.92 Å². The molecule has 1 N–H and O–H groups in total. The van der Waals surface area contributed by atoms with Crippen molar-refractivity contribution >= 4 is 5.91 Å². The molecule has 1 aromatic heterocycles. The highest BCUT2D eigenvalue weighted by Gasteiger charge is 2.44. The molecule has 1 unspecified atom stereocenters. The molecule has 1 amide bonds.